The molecule has 0 bridgehead atoms. The Labute approximate surface area is 174 Å². The van der Waals surface area contributed by atoms with Gasteiger partial charge in [0.25, 0.3) is 5.91 Å². The van der Waals surface area contributed by atoms with Crippen LogP contribution in [0.2, 0.25) is 0 Å². The number of amides is 1. The van der Waals surface area contributed by atoms with E-state index in [4.69, 9.17) is 4.74 Å². The maximum atomic E-state index is 13.0. The summed E-state index contributed by atoms with van der Waals surface area (Å²) in [6.07, 6.45) is 2.46. The molecule has 1 atom stereocenters. The zero-order valence-electron chi connectivity index (χ0n) is 16.9. The molecule has 2 aromatic heterocycles. The number of nitrogens with one attached hydrogen (secondary N) is 2. The number of aliphatic hydroxyl groups excluding tert-OH is 1. The van der Waals surface area contributed by atoms with Gasteiger partial charge in [-0.1, -0.05) is 6.07 Å². The highest BCUT2D eigenvalue weighted by Gasteiger charge is 2.19. The number of anilines is 1. The van der Waals surface area contributed by atoms with Crippen molar-refractivity contribution in [3.05, 3.63) is 53.3 Å². The molecule has 3 N–H and O–H groups in total. The molecule has 0 saturated carbocycles. The monoisotopic (exact) mass is 408 g/mol. The van der Waals surface area contributed by atoms with Crippen LogP contribution in [0.25, 0.3) is 11.5 Å². The number of hydrogen-bond acceptors (Lipinski definition) is 7. The summed E-state index contributed by atoms with van der Waals surface area (Å²) in [6.45, 7) is 3.45. The minimum absolute atomic E-state index is 0.0472. The van der Waals surface area contributed by atoms with Gasteiger partial charge in [-0.15, -0.1) is 10.2 Å². The Morgan fingerprint density at radius 1 is 1.37 bits per heavy atom. The van der Waals surface area contributed by atoms with E-state index in [-0.39, 0.29) is 18.6 Å². The molecule has 0 spiro atoms. The molecule has 1 aliphatic heterocycles. The van der Waals surface area contributed by atoms with Crippen molar-refractivity contribution in [2.45, 2.75) is 25.9 Å². The first-order chi connectivity index (χ1) is 14.6. The topological polar surface area (TPSA) is 114 Å². The molecule has 3 heterocycles. The first-order valence-corrected chi connectivity index (χ1v) is 9.80. The zero-order valence-corrected chi connectivity index (χ0v) is 16.9. The Bertz CT molecular complexity index is 1060. The highest BCUT2D eigenvalue weighted by Crippen LogP contribution is 2.27. The minimum atomic E-state index is -0.296. The quantitative estimate of drug-likeness (QED) is 0.570. The molecule has 0 radical (unpaired) electrons. The Balaban J connectivity index is 1.61. The van der Waals surface area contributed by atoms with Gasteiger partial charge in [0, 0.05) is 6.54 Å². The van der Waals surface area contributed by atoms with Gasteiger partial charge < -0.3 is 25.0 Å². The molecule has 9 heteroatoms. The van der Waals surface area contributed by atoms with Gasteiger partial charge in [-0.3, -0.25) is 4.79 Å². The maximum Gasteiger partial charge on any atom is 0.260 e. The van der Waals surface area contributed by atoms with Gasteiger partial charge in [0.15, 0.2) is 5.82 Å². The van der Waals surface area contributed by atoms with Gasteiger partial charge in [0.05, 0.1) is 25.3 Å². The molecule has 0 saturated heterocycles. The van der Waals surface area contributed by atoms with Crippen LogP contribution in [-0.4, -0.2) is 51.0 Å². The van der Waals surface area contributed by atoms with E-state index in [1.165, 1.54) is 5.56 Å². The Morgan fingerprint density at radius 2 is 2.23 bits per heavy atom. The van der Waals surface area contributed by atoms with E-state index in [2.05, 4.69) is 25.8 Å². The van der Waals surface area contributed by atoms with Crippen molar-refractivity contribution in [3.8, 4) is 17.3 Å². The first-order valence-electron chi connectivity index (χ1n) is 9.80. The molecular weight excluding hydrogens is 384 g/mol. The number of rotatable bonds is 6. The second-order valence-electron chi connectivity index (χ2n) is 7.20. The molecule has 4 rings (SSSR count). The van der Waals surface area contributed by atoms with Crippen LogP contribution in [0.4, 0.5) is 5.82 Å². The third kappa shape index (κ3) is 3.89. The van der Waals surface area contributed by atoms with Crippen molar-refractivity contribution in [1.82, 2.24) is 25.1 Å². The number of nitrogens with zero attached hydrogens (tertiary/aromatic N) is 4. The molecule has 9 nitrogen and oxygen atoms in total. The van der Waals surface area contributed by atoms with Crippen LogP contribution in [0.3, 0.4) is 0 Å². The molecule has 1 aliphatic rings. The lowest BCUT2D eigenvalue weighted by molar-refractivity contribution is 0.102. The average molecular weight is 408 g/mol. The average Bonchev–Trinajstić information content (AvgIpc) is 3.27. The molecule has 0 fully saturated rings. The number of pyridine rings is 1. The van der Waals surface area contributed by atoms with Crippen molar-refractivity contribution in [2.75, 3.05) is 25.6 Å². The number of methoxy groups -OCH3 is 1. The summed E-state index contributed by atoms with van der Waals surface area (Å²) in [5, 5.41) is 23.6. The van der Waals surface area contributed by atoms with Gasteiger partial charge in [-0.05, 0) is 55.3 Å². The van der Waals surface area contributed by atoms with Crippen molar-refractivity contribution < 1.29 is 14.6 Å². The number of benzene rings is 1. The van der Waals surface area contributed by atoms with Gasteiger partial charge in [0.1, 0.15) is 23.6 Å². The van der Waals surface area contributed by atoms with Gasteiger partial charge in [-0.25, -0.2) is 4.98 Å². The molecule has 0 unspecified atom stereocenters. The third-order valence-electron chi connectivity index (χ3n) is 5.18. The van der Waals surface area contributed by atoms with E-state index in [1.54, 1.807) is 36.2 Å². The number of aliphatic hydroxyl groups is 1. The lowest BCUT2D eigenvalue weighted by Gasteiger charge is -2.20. The fraction of sp³-hybridized carbons (Fsp3) is 0.333. The smallest absolute Gasteiger partial charge is 0.260 e. The number of fused-ring (bicyclic) bond motifs is 1. The van der Waals surface area contributed by atoms with Crippen molar-refractivity contribution in [1.29, 1.82) is 0 Å². The largest absolute Gasteiger partial charge is 0.496 e. The summed E-state index contributed by atoms with van der Waals surface area (Å²) in [7, 11) is 1.56. The van der Waals surface area contributed by atoms with Crippen molar-refractivity contribution in [3.63, 3.8) is 0 Å². The third-order valence-corrected chi connectivity index (χ3v) is 5.18. The summed E-state index contributed by atoms with van der Waals surface area (Å²) < 4.78 is 7.20. The fourth-order valence-electron chi connectivity index (χ4n) is 3.51. The van der Waals surface area contributed by atoms with Crippen LogP contribution >= 0.6 is 0 Å². The predicted molar refractivity (Wildman–Crippen MR) is 111 cm³/mol. The van der Waals surface area contributed by atoms with Crippen LogP contribution < -0.4 is 15.4 Å². The van der Waals surface area contributed by atoms with Crippen LogP contribution in [0.15, 0.2) is 36.7 Å². The number of aromatic nitrogens is 4. The lowest BCUT2D eigenvalue weighted by atomic mass is 9.97. The second-order valence-corrected chi connectivity index (χ2v) is 7.20. The summed E-state index contributed by atoms with van der Waals surface area (Å²) in [5.41, 5.74) is 3.30. The highest BCUT2D eigenvalue weighted by atomic mass is 16.5. The fourth-order valence-corrected chi connectivity index (χ4v) is 3.51. The van der Waals surface area contributed by atoms with Gasteiger partial charge >= 0.3 is 0 Å². The lowest BCUT2D eigenvalue weighted by Crippen LogP contribution is -2.24. The van der Waals surface area contributed by atoms with E-state index in [9.17, 15) is 9.90 Å². The van der Waals surface area contributed by atoms with Crippen LogP contribution in [0, 0.1) is 0 Å². The number of hydrogen-bond donors (Lipinski definition) is 3. The van der Waals surface area contributed by atoms with E-state index in [1.807, 2.05) is 19.1 Å². The van der Waals surface area contributed by atoms with Gasteiger partial charge in [0.2, 0.25) is 0 Å². The highest BCUT2D eigenvalue weighted by molar-refractivity contribution is 6.06. The molecule has 1 aromatic carbocycles. The summed E-state index contributed by atoms with van der Waals surface area (Å²) in [5.74, 6) is 1.16. The summed E-state index contributed by atoms with van der Waals surface area (Å²) in [6, 6.07) is 8.90. The Kier molecular flexibility index (Phi) is 5.73. The summed E-state index contributed by atoms with van der Waals surface area (Å²) >= 11 is 0. The number of carbonyl (C=O) groups excluding carboxylic acids is 1. The second kappa shape index (κ2) is 8.60. The van der Waals surface area contributed by atoms with Crippen LogP contribution in [0.5, 0.6) is 5.75 Å². The molecule has 1 amide bonds. The molecule has 30 heavy (non-hydrogen) atoms. The van der Waals surface area contributed by atoms with Crippen molar-refractivity contribution >= 4 is 11.7 Å². The summed E-state index contributed by atoms with van der Waals surface area (Å²) in [4.78, 5) is 17.5. The first kappa shape index (κ1) is 20.0. The molecule has 0 aliphatic carbocycles. The molecular formula is C21H24N6O3. The molecule has 156 valence electrons. The number of carbonyl (C=O) groups is 1. The normalized spacial score (nSPS) is 14.1. The van der Waals surface area contributed by atoms with Gasteiger partial charge in [-0.2, -0.15) is 0 Å². The van der Waals surface area contributed by atoms with Crippen LogP contribution in [0.1, 0.15) is 34.5 Å². The predicted octanol–water partition coefficient (Wildman–Crippen LogP) is 1.80. The SMILES string of the molecule is COc1cc2c(cc1C(=O)Nc1cccc(-c3nncn3[C@H](C)CO)n1)CNCC2. The Hall–Kier alpha value is -3.30. The minimum Gasteiger partial charge on any atom is -0.496 e. The van der Waals surface area contributed by atoms with E-state index in [0.717, 1.165) is 25.1 Å². The van der Waals surface area contributed by atoms with Crippen LogP contribution in [-0.2, 0) is 13.0 Å². The molecule has 3 aromatic rings. The standard InChI is InChI=1S/C21H24N6O3/c1-13(11-28)27-12-23-26-20(27)17-4-3-5-19(24-17)25-21(29)16-8-15-10-22-7-6-14(15)9-18(16)30-2/h3-5,8-9,12-13,22,28H,6-7,10-11H2,1-2H3,(H,24,25,29)/t13-/m1/s1. The zero-order chi connectivity index (χ0) is 21.1. The van der Waals surface area contributed by atoms with E-state index < -0.39 is 0 Å². The van der Waals surface area contributed by atoms with E-state index >= 15 is 0 Å². The van der Waals surface area contributed by atoms with Crippen molar-refractivity contribution in [2.24, 2.45) is 0 Å². The Morgan fingerprint density at radius 3 is 3.03 bits per heavy atom. The maximum absolute atomic E-state index is 13.0. The van der Waals surface area contributed by atoms with E-state index in [0.29, 0.717) is 28.6 Å². The number of ether oxygens (including phenoxy) is 1.